The van der Waals surface area contributed by atoms with Gasteiger partial charge in [-0.05, 0) is 68.2 Å². The zero-order valence-electron chi connectivity index (χ0n) is 20.3. The van der Waals surface area contributed by atoms with Gasteiger partial charge in [0.2, 0.25) is 0 Å². The first-order valence-electron chi connectivity index (χ1n) is 12.7. The third-order valence-corrected chi connectivity index (χ3v) is 8.85. The summed E-state index contributed by atoms with van der Waals surface area (Å²) in [6, 6.07) is 4.95. The average Bonchev–Trinajstić information content (AvgIpc) is 3.31. The van der Waals surface area contributed by atoms with Crippen LogP contribution >= 0.6 is 23.4 Å². The Morgan fingerprint density at radius 3 is 2.57 bits per heavy atom. The normalized spacial score (nSPS) is 21.1. The summed E-state index contributed by atoms with van der Waals surface area (Å²) in [6.07, 6.45) is 9.61. The van der Waals surface area contributed by atoms with E-state index in [1.807, 2.05) is 40.7 Å². The van der Waals surface area contributed by atoms with Crippen LogP contribution in [0.15, 0.2) is 46.4 Å². The van der Waals surface area contributed by atoms with Gasteiger partial charge in [-0.15, -0.1) is 0 Å². The van der Waals surface area contributed by atoms with E-state index < -0.39 is 11.4 Å². The molecule has 0 amide bonds. The molecular weight excluding hydrogens is 515 g/mol. The number of hydrogen-bond donors (Lipinski definition) is 1. The van der Waals surface area contributed by atoms with Crippen molar-refractivity contribution in [2.75, 3.05) is 11.5 Å². The molecule has 37 heavy (non-hydrogen) atoms. The van der Waals surface area contributed by atoms with Crippen molar-refractivity contribution < 1.29 is 4.39 Å². The highest BCUT2D eigenvalue weighted by Crippen LogP contribution is 2.30. The van der Waals surface area contributed by atoms with Crippen LogP contribution < -0.4 is 16.6 Å². The van der Waals surface area contributed by atoms with Gasteiger partial charge in [-0.25, -0.2) is 19.2 Å². The fourth-order valence-corrected chi connectivity index (χ4v) is 6.94. The molecule has 0 bridgehead atoms. The summed E-state index contributed by atoms with van der Waals surface area (Å²) < 4.78 is 19.1. The summed E-state index contributed by atoms with van der Waals surface area (Å²) in [4.78, 5) is 36.0. The molecule has 0 unspecified atom stereocenters. The molecule has 1 saturated carbocycles. The van der Waals surface area contributed by atoms with E-state index in [2.05, 4.69) is 15.3 Å². The van der Waals surface area contributed by atoms with Crippen LogP contribution in [0.25, 0.3) is 16.7 Å². The van der Waals surface area contributed by atoms with Gasteiger partial charge in [-0.3, -0.25) is 13.9 Å². The molecular formula is C26H28ClFN6O2S. The zero-order valence-corrected chi connectivity index (χ0v) is 21.8. The monoisotopic (exact) mass is 542 g/mol. The Bertz CT molecular complexity index is 1570. The minimum Gasteiger partial charge on any atom is -0.308 e. The van der Waals surface area contributed by atoms with Crippen molar-refractivity contribution >= 4 is 40.0 Å². The van der Waals surface area contributed by atoms with E-state index >= 15 is 0 Å². The molecule has 4 aromatic rings. The number of nitrogens with one attached hydrogen (secondary N) is 1. The van der Waals surface area contributed by atoms with E-state index in [1.54, 1.807) is 4.57 Å². The van der Waals surface area contributed by atoms with Crippen LogP contribution in [0.1, 0.15) is 56.3 Å². The Balaban J connectivity index is 1.22. The van der Waals surface area contributed by atoms with Crippen molar-refractivity contribution in [2.45, 2.75) is 63.2 Å². The molecule has 11 heteroatoms. The van der Waals surface area contributed by atoms with Crippen molar-refractivity contribution in [1.82, 2.24) is 28.8 Å². The van der Waals surface area contributed by atoms with Crippen molar-refractivity contribution in [3.8, 4) is 0 Å². The molecule has 0 atom stereocenters. The highest BCUT2D eigenvalue weighted by molar-refractivity contribution is 7.99. The van der Waals surface area contributed by atoms with Crippen molar-refractivity contribution in [3.63, 3.8) is 0 Å². The fraction of sp³-hybridized carbons (Fsp3) is 0.462. The summed E-state index contributed by atoms with van der Waals surface area (Å²) >= 11 is 7.94. The molecule has 6 rings (SSSR count). The van der Waals surface area contributed by atoms with Crippen LogP contribution in [0.2, 0.25) is 5.02 Å². The summed E-state index contributed by atoms with van der Waals surface area (Å²) in [6.45, 7) is 0.627. The predicted octanol–water partition coefficient (Wildman–Crippen LogP) is 4.34. The van der Waals surface area contributed by atoms with Crippen molar-refractivity contribution in [1.29, 1.82) is 0 Å². The van der Waals surface area contributed by atoms with Gasteiger partial charge in [0.25, 0.3) is 5.56 Å². The molecule has 5 heterocycles. The van der Waals surface area contributed by atoms with Crippen molar-refractivity contribution in [2.24, 2.45) is 0 Å². The molecule has 1 saturated heterocycles. The lowest BCUT2D eigenvalue weighted by molar-refractivity contribution is 0.274. The minimum atomic E-state index is -0.567. The quantitative estimate of drug-likeness (QED) is 0.404. The molecule has 1 aliphatic heterocycles. The number of pyridine rings is 2. The van der Waals surface area contributed by atoms with Gasteiger partial charge >= 0.3 is 5.69 Å². The highest BCUT2D eigenvalue weighted by atomic mass is 35.5. The van der Waals surface area contributed by atoms with E-state index in [0.717, 1.165) is 54.7 Å². The maximum absolute atomic E-state index is 14.1. The lowest BCUT2D eigenvalue weighted by atomic mass is 9.91. The first-order valence-corrected chi connectivity index (χ1v) is 14.3. The molecule has 2 fully saturated rings. The van der Waals surface area contributed by atoms with Gasteiger partial charge < -0.3 is 9.72 Å². The van der Waals surface area contributed by atoms with E-state index in [4.69, 9.17) is 11.6 Å². The highest BCUT2D eigenvalue weighted by Gasteiger charge is 2.29. The zero-order chi connectivity index (χ0) is 25.5. The lowest BCUT2D eigenvalue weighted by Crippen LogP contribution is -2.46. The van der Waals surface area contributed by atoms with Crippen LogP contribution in [0.3, 0.4) is 0 Å². The maximum atomic E-state index is 14.1. The maximum Gasteiger partial charge on any atom is 0.333 e. The van der Waals surface area contributed by atoms with Crippen LogP contribution in [-0.4, -0.2) is 41.1 Å². The number of fused-ring (bicyclic) bond motifs is 2. The first-order chi connectivity index (χ1) is 18.0. The number of nitrogens with zero attached hydrogens (tertiary/aromatic N) is 5. The van der Waals surface area contributed by atoms with Gasteiger partial charge in [0.1, 0.15) is 17.1 Å². The van der Waals surface area contributed by atoms with E-state index in [1.165, 1.54) is 10.6 Å². The number of hydrogen-bond acceptors (Lipinski definition) is 6. The lowest BCUT2D eigenvalue weighted by Gasteiger charge is -2.31. The van der Waals surface area contributed by atoms with Gasteiger partial charge in [-0.1, -0.05) is 11.6 Å². The minimum absolute atomic E-state index is 0.0284. The molecule has 1 aliphatic carbocycles. The topological polar surface area (TPSA) is 86.2 Å². The number of rotatable bonds is 5. The first kappa shape index (κ1) is 24.6. The standard InChI is InChI=1S/C26H28ClFN6O2S/c27-16-1-6-23-31-19(15-32(23)14-16)13-29-18-2-4-20(5-3-18)34-25(35)22-11-17(28)12-30-24(22)33(26(34)36)21-7-9-37-10-8-21/h1,6,11-12,14-15,18,20-21,29H,2-5,7-10,13H2/t18-,20+. The Morgan fingerprint density at radius 1 is 1.03 bits per heavy atom. The molecule has 0 spiro atoms. The second kappa shape index (κ2) is 10.2. The van der Waals surface area contributed by atoms with Crippen LogP contribution in [-0.2, 0) is 6.54 Å². The third-order valence-electron chi connectivity index (χ3n) is 7.58. The van der Waals surface area contributed by atoms with Crippen molar-refractivity contribution in [3.05, 3.63) is 74.2 Å². The third kappa shape index (κ3) is 4.82. The van der Waals surface area contributed by atoms with Gasteiger partial charge in [0.15, 0.2) is 0 Å². The molecule has 4 aromatic heterocycles. The summed E-state index contributed by atoms with van der Waals surface area (Å²) in [5.41, 5.74) is 1.33. The molecule has 8 nitrogen and oxygen atoms in total. The number of thioether (sulfide) groups is 1. The van der Waals surface area contributed by atoms with Crippen LogP contribution in [0.5, 0.6) is 0 Å². The predicted molar refractivity (Wildman–Crippen MR) is 144 cm³/mol. The second-order valence-corrected chi connectivity index (χ2v) is 11.6. The SMILES string of the molecule is O=c1c2cc(F)cnc2n(C2CCSCC2)c(=O)n1[C@H]1CC[C@@H](NCc2cn3cc(Cl)ccc3n2)CC1. The molecule has 1 N–H and O–H groups in total. The van der Waals surface area contributed by atoms with Crippen LogP contribution in [0, 0.1) is 5.82 Å². The van der Waals surface area contributed by atoms with E-state index in [-0.39, 0.29) is 29.2 Å². The van der Waals surface area contributed by atoms with Gasteiger partial charge in [0, 0.05) is 37.1 Å². The van der Waals surface area contributed by atoms with Gasteiger partial charge in [0.05, 0.1) is 22.3 Å². The van der Waals surface area contributed by atoms with Gasteiger partial charge in [-0.2, -0.15) is 11.8 Å². The Labute approximate surface area is 221 Å². The Kier molecular flexibility index (Phi) is 6.81. The summed E-state index contributed by atoms with van der Waals surface area (Å²) in [5.74, 6) is 1.34. The average molecular weight is 543 g/mol. The molecule has 0 aromatic carbocycles. The number of aromatic nitrogens is 5. The molecule has 194 valence electrons. The molecule has 0 radical (unpaired) electrons. The Morgan fingerprint density at radius 2 is 1.78 bits per heavy atom. The van der Waals surface area contributed by atoms with E-state index in [0.29, 0.717) is 30.1 Å². The Hall–Kier alpha value is -2.69. The summed E-state index contributed by atoms with van der Waals surface area (Å²) in [7, 11) is 0. The number of imidazole rings is 1. The van der Waals surface area contributed by atoms with E-state index in [9.17, 15) is 14.0 Å². The summed E-state index contributed by atoms with van der Waals surface area (Å²) in [5, 5.41) is 4.42. The molecule has 2 aliphatic rings. The smallest absolute Gasteiger partial charge is 0.308 e. The number of halogens is 2. The fourth-order valence-electron chi connectivity index (χ4n) is 5.69. The van der Waals surface area contributed by atoms with Crippen LogP contribution in [0.4, 0.5) is 4.39 Å². The largest absolute Gasteiger partial charge is 0.333 e. The second-order valence-electron chi connectivity index (χ2n) is 9.93.